The van der Waals surface area contributed by atoms with Crippen molar-refractivity contribution in [1.29, 1.82) is 0 Å². The van der Waals surface area contributed by atoms with Crippen molar-refractivity contribution in [2.75, 3.05) is 16.8 Å². The number of nitrogens with one attached hydrogen (secondary N) is 1. The predicted octanol–water partition coefficient (Wildman–Crippen LogP) is 2.13. The van der Waals surface area contributed by atoms with Crippen molar-refractivity contribution in [2.24, 2.45) is 0 Å². The van der Waals surface area contributed by atoms with Crippen LogP contribution < -0.4 is 5.32 Å². The summed E-state index contributed by atoms with van der Waals surface area (Å²) in [5.41, 5.74) is 0.586. The van der Waals surface area contributed by atoms with Crippen molar-refractivity contribution >= 4 is 23.4 Å². The lowest BCUT2D eigenvalue weighted by molar-refractivity contribution is -0.113. The first kappa shape index (κ1) is 11.6. The van der Waals surface area contributed by atoms with E-state index < -0.39 is 0 Å². The predicted molar refractivity (Wildman–Crippen MR) is 61.2 cm³/mol. The molecule has 0 bridgehead atoms. The summed E-state index contributed by atoms with van der Waals surface area (Å²) < 4.78 is 12.5. The number of hydrogen-bond donors (Lipinski definition) is 1. The maximum absolute atomic E-state index is 12.5. The van der Waals surface area contributed by atoms with Crippen LogP contribution in [0.2, 0.25) is 0 Å². The van der Waals surface area contributed by atoms with Crippen LogP contribution in [-0.4, -0.2) is 17.4 Å². The molecule has 0 aliphatic heterocycles. The van der Waals surface area contributed by atoms with Crippen molar-refractivity contribution in [2.45, 2.75) is 0 Å². The number of carbonyl (C=O) groups excluding carboxylic acids is 1. The average molecular weight is 223 g/mol. The molecule has 0 heterocycles. The Kier molecular flexibility index (Phi) is 4.72. The molecule has 15 heavy (non-hydrogen) atoms. The van der Waals surface area contributed by atoms with Gasteiger partial charge in [-0.3, -0.25) is 4.79 Å². The highest BCUT2D eigenvalue weighted by Gasteiger charge is 2.01. The van der Waals surface area contributed by atoms with Crippen molar-refractivity contribution in [3.05, 3.63) is 30.1 Å². The maximum atomic E-state index is 12.5. The molecule has 0 fully saturated rings. The number of thioether (sulfide) groups is 1. The van der Waals surface area contributed by atoms with Crippen LogP contribution in [0.25, 0.3) is 0 Å². The fourth-order valence-corrected chi connectivity index (χ4v) is 1.41. The van der Waals surface area contributed by atoms with E-state index >= 15 is 0 Å². The lowest BCUT2D eigenvalue weighted by Gasteiger charge is -2.03. The molecule has 1 rings (SSSR count). The van der Waals surface area contributed by atoms with E-state index in [0.29, 0.717) is 17.2 Å². The SMILES string of the molecule is C#CCSCC(=O)Nc1ccc(F)cc1. The molecular formula is C11H10FNOS. The summed E-state index contributed by atoms with van der Waals surface area (Å²) in [6.45, 7) is 0. The van der Waals surface area contributed by atoms with Gasteiger partial charge in [-0.2, -0.15) is 0 Å². The topological polar surface area (TPSA) is 29.1 Å². The van der Waals surface area contributed by atoms with Gasteiger partial charge < -0.3 is 5.32 Å². The monoisotopic (exact) mass is 223 g/mol. The first-order valence-electron chi connectivity index (χ1n) is 4.29. The van der Waals surface area contributed by atoms with Gasteiger partial charge in [0.2, 0.25) is 5.91 Å². The van der Waals surface area contributed by atoms with Gasteiger partial charge in [0.05, 0.1) is 11.5 Å². The molecule has 0 saturated heterocycles. The minimum atomic E-state index is -0.324. The van der Waals surface area contributed by atoms with E-state index in [1.54, 1.807) is 0 Å². The fourth-order valence-electron chi connectivity index (χ4n) is 0.933. The van der Waals surface area contributed by atoms with Crippen LogP contribution in [-0.2, 0) is 4.79 Å². The molecule has 1 N–H and O–H groups in total. The Hall–Kier alpha value is -1.47. The number of amides is 1. The normalized spacial score (nSPS) is 9.33. The number of hydrogen-bond acceptors (Lipinski definition) is 2. The highest BCUT2D eigenvalue weighted by molar-refractivity contribution is 8.00. The van der Waals surface area contributed by atoms with E-state index in [1.807, 2.05) is 0 Å². The number of anilines is 1. The molecule has 4 heteroatoms. The number of rotatable bonds is 4. The molecule has 0 atom stereocenters. The standard InChI is InChI=1S/C11H10FNOS/c1-2-7-15-8-11(14)13-10-5-3-9(12)4-6-10/h1,3-6H,7-8H2,(H,13,14). The van der Waals surface area contributed by atoms with Crippen LogP contribution in [0.15, 0.2) is 24.3 Å². The van der Waals surface area contributed by atoms with Gasteiger partial charge in [0, 0.05) is 5.69 Å². The smallest absolute Gasteiger partial charge is 0.234 e. The second kappa shape index (κ2) is 6.10. The molecule has 0 saturated carbocycles. The molecule has 78 valence electrons. The molecule has 1 amide bonds. The van der Waals surface area contributed by atoms with Gasteiger partial charge in [0.15, 0.2) is 0 Å². The summed E-state index contributed by atoms with van der Waals surface area (Å²) in [7, 11) is 0. The molecule has 0 aliphatic carbocycles. The molecule has 1 aromatic carbocycles. The third kappa shape index (κ3) is 4.52. The number of benzene rings is 1. The van der Waals surface area contributed by atoms with Gasteiger partial charge in [-0.25, -0.2) is 4.39 Å². The van der Waals surface area contributed by atoms with Crippen molar-refractivity contribution in [3.63, 3.8) is 0 Å². The third-order valence-corrected chi connectivity index (χ3v) is 2.38. The maximum Gasteiger partial charge on any atom is 0.234 e. The summed E-state index contributed by atoms with van der Waals surface area (Å²) in [6, 6.07) is 5.62. The van der Waals surface area contributed by atoms with Crippen LogP contribution in [0, 0.1) is 18.2 Å². The molecule has 0 unspecified atom stereocenters. The van der Waals surface area contributed by atoms with E-state index in [-0.39, 0.29) is 11.7 Å². The lowest BCUT2D eigenvalue weighted by Crippen LogP contribution is -2.14. The van der Waals surface area contributed by atoms with Gasteiger partial charge >= 0.3 is 0 Å². The summed E-state index contributed by atoms with van der Waals surface area (Å²) in [4.78, 5) is 11.3. The summed E-state index contributed by atoms with van der Waals surface area (Å²) >= 11 is 1.36. The van der Waals surface area contributed by atoms with Crippen molar-refractivity contribution in [1.82, 2.24) is 0 Å². The molecule has 1 aromatic rings. The van der Waals surface area contributed by atoms with E-state index in [0.717, 1.165) is 0 Å². The van der Waals surface area contributed by atoms with Gasteiger partial charge in [-0.05, 0) is 24.3 Å². The van der Waals surface area contributed by atoms with E-state index in [4.69, 9.17) is 6.42 Å². The Morgan fingerprint density at radius 3 is 2.73 bits per heavy atom. The van der Waals surface area contributed by atoms with Crippen molar-refractivity contribution in [3.8, 4) is 12.3 Å². The summed E-state index contributed by atoms with van der Waals surface area (Å²) in [6.07, 6.45) is 5.04. The number of halogens is 1. The van der Waals surface area contributed by atoms with Gasteiger partial charge in [-0.1, -0.05) is 5.92 Å². The quantitative estimate of drug-likeness (QED) is 0.626. The zero-order chi connectivity index (χ0) is 11.1. The Morgan fingerprint density at radius 1 is 1.47 bits per heavy atom. The molecule has 0 aromatic heterocycles. The van der Waals surface area contributed by atoms with Crippen LogP contribution in [0.3, 0.4) is 0 Å². The first-order valence-corrected chi connectivity index (χ1v) is 5.44. The Labute approximate surface area is 92.3 Å². The zero-order valence-electron chi connectivity index (χ0n) is 8.00. The molecule has 0 spiro atoms. The van der Waals surface area contributed by atoms with E-state index in [2.05, 4.69) is 11.2 Å². The highest BCUT2D eigenvalue weighted by atomic mass is 32.2. The second-order valence-electron chi connectivity index (χ2n) is 2.75. The minimum Gasteiger partial charge on any atom is -0.325 e. The number of terminal acetylenes is 1. The molecular weight excluding hydrogens is 213 g/mol. The van der Waals surface area contributed by atoms with Crippen LogP contribution >= 0.6 is 11.8 Å². The number of carbonyl (C=O) groups is 1. The molecule has 0 aliphatic rings. The summed E-state index contributed by atoms with van der Waals surface area (Å²) in [5.74, 6) is 2.78. The summed E-state index contributed by atoms with van der Waals surface area (Å²) in [5, 5.41) is 2.63. The zero-order valence-corrected chi connectivity index (χ0v) is 8.81. The van der Waals surface area contributed by atoms with Crippen LogP contribution in [0.1, 0.15) is 0 Å². The first-order chi connectivity index (χ1) is 7.22. The van der Waals surface area contributed by atoms with E-state index in [1.165, 1.54) is 36.0 Å². The van der Waals surface area contributed by atoms with E-state index in [9.17, 15) is 9.18 Å². The lowest BCUT2D eigenvalue weighted by atomic mass is 10.3. The van der Waals surface area contributed by atoms with Gasteiger partial charge in [0.1, 0.15) is 5.82 Å². The average Bonchev–Trinajstić information content (AvgIpc) is 2.22. The Morgan fingerprint density at radius 2 is 2.13 bits per heavy atom. The fraction of sp³-hybridized carbons (Fsp3) is 0.182. The molecule has 2 nitrogen and oxygen atoms in total. The Balaban J connectivity index is 2.38. The third-order valence-electron chi connectivity index (χ3n) is 1.55. The van der Waals surface area contributed by atoms with Crippen LogP contribution in [0.5, 0.6) is 0 Å². The Bertz CT molecular complexity index is 369. The highest BCUT2D eigenvalue weighted by Crippen LogP contribution is 2.09. The van der Waals surface area contributed by atoms with Gasteiger partial charge in [0.25, 0.3) is 0 Å². The van der Waals surface area contributed by atoms with Gasteiger partial charge in [-0.15, -0.1) is 18.2 Å². The second-order valence-corrected chi connectivity index (χ2v) is 3.74. The largest absolute Gasteiger partial charge is 0.325 e. The van der Waals surface area contributed by atoms with Crippen molar-refractivity contribution < 1.29 is 9.18 Å². The van der Waals surface area contributed by atoms with Crippen LogP contribution in [0.4, 0.5) is 10.1 Å². The minimum absolute atomic E-state index is 0.137. The molecule has 0 radical (unpaired) electrons.